The van der Waals surface area contributed by atoms with E-state index in [1.54, 1.807) is 18.9 Å². The average molecular weight is 206 g/mol. The summed E-state index contributed by atoms with van der Waals surface area (Å²) >= 11 is 1.59. The lowest BCUT2D eigenvalue weighted by molar-refractivity contribution is -0.142. The number of ether oxygens (including phenoxy) is 2. The normalized spacial score (nSPS) is 12.5. The summed E-state index contributed by atoms with van der Waals surface area (Å²) < 4.78 is 9.83. The predicted molar refractivity (Wildman–Crippen MR) is 55.0 cm³/mol. The Morgan fingerprint density at radius 2 is 2.15 bits per heavy atom. The summed E-state index contributed by atoms with van der Waals surface area (Å²) in [6.07, 6.45) is 0.813. The summed E-state index contributed by atoms with van der Waals surface area (Å²) in [5.41, 5.74) is 0. The first kappa shape index (κ1) is 12.8. The molecule has 0 aliphatic carbocycles. The highest BCUT2D eigenvalue weighted by Crippen LogP contribution is 2.15. The minimum absolute atomic E-state index is 0.0323. The Balaban J connectivity index is 3.67. The molecule has 1 atom stereocenters. The number of thioether (sulfide) groups is 1. The van der Waals surface area contributed by atoms with Crippen LogP contribution in [-0.4, -0.2) is 37.3 Å². The van der Waals surface area contributed by atoms with Gasteiger partial charge in [-0.1, -0.05) is 6.92 Å². The van der Waals surface area contributed by atoms with E-state index in [1.807, 2.05) is 13.8 Å². The minimum Gasteiger partial charge on any atom is -0.465 e. The molecule has 0 saturated carbocycles. The zero-order valence-electron chi connectivity index (χ0n) is 8.54. The molecule has 0 amide bonds. The van der Waals surface area contributed by atoms with E-state index in [1.165, 1.54) is 0 Å². The van der Waals surface area contributed by atoms with Crippen molar-refractivity contribution in [2.45, 2.75) is 25.5 Å². The molecule has 0 fully saturated rings. The molecule has 13 heavy (non-hydrogen) atoms. The maximum atomic E-state index is 11.3. The summed E-state index contributed by atoms with van der Waals surface area (Å²) in [7, 11) is 1.66. The van der Waals surface area contributed by atoms with Crippen molar-refractivity contribution in [1.82, 2.24) is 0 Å². The second kappa shape index (κ2) is 8.38. The smallest absolute Gasteiger partial charge is 0.319 e. The van der Waals surface area contributed by atoms with Crippen molar-refractivity contribution in [3.63, 3.8) is 0 Å². The van der Waals surface area contributed by atoms with Crippen LogP contribution in [0, 0.1) is 0 Å². The van der Waals surface area contributed by atoms with E-state index in [2.05, 4.69) is 0 Å². The van der Waals surface area contributed by atoms with Crippen LogP contribution in [0.1, 0.15) is 20.3 Å². The van der Waals surface area contributed by atoms with Gasteiger partial charge in [0.05, 0.1) is 13.2 Å². The lowest BCUT2D eigenvalue weighted by atomic mass is 10.3. The van der Waals surface area contributed by atoms with Gasteiger partial charge in [-0.05, 0) is 13.3 Å². The number of carbonyl (C=O) groups excluding carboxylic acids is 1. The molecule has 0 heterocycles. The molecule has 0 aromatic carbocycles. The van der Waals surface area contributed by atoms with Gasteiger partial charge < -0.3 is 9.47 Å². The fourth-order valence-electron chi connectivity index (χ4n) is 0.861. The van der Waals surface area contributed by atoms with Crippen LogP contribution >= 0.6 is 11.8 Å². The van der Waals surface area contributed by atoms with Crippen molar-refractivity contribution < 1.29 is 14.3 Å². The van der Waals surface area contributed by atoms with Gasteiger partial charge in [0.2, 0.25) is 0 Å². The molecule has 4 heteroatoms. The van der Waals surface area contributed by atoms with Gasteiger partial charge in [-0.25, -0.2) is 0 Å². The molecule has 0 saturated heterocycles. The Morgan fingerprint density at radius 3 is 2.62 bits per heavy atom. The van der Waals surface area contributed by atoms with Crippen LogP contribution < -0.4 is 0 Å². The van der Waals surface area contributed by atoms with Gasteiger partial charge in [0.25, 0.3) is 0 Å². The first-order chi connectivity index (χ1) is 6.26. The number of methoxy groups -OCH3 is 1. The van der Waals surface area contributed by atoms with E-state index >= 15 is 0 Å². The molecule has 1 unspecified atom stereocenters. The van der Waals surface area contributed by atoms with Gasteiger partial charge in [-0.15, -0.1) is 11.8 Å². The Labute approximate surface area is 84.2 Å². The quantitative estimate of drug-likeness (QED) is 0.469. The molecule has 0 radical (unpaired) electrons. The maximum absolute atomic E-state index is 11.3. The lowest BCUT2D eigenvalue weighted by Gasteiger charge is -2.12. The average Bonchev–Trinajstić information content (AvgIpc) is 2.13. The molecule has 3 nitrogen and oxygen atoms in total. The van der Waals surface area contributed by atoms with Crippen molar-refractivity contribution in [3.8, 4) is 0 Å². The molecular formula is C9H18O3S. The minimum atomic E-state index is -0.105. The predicted octanol–water partition coefficient (Wildman–Crippen LogP) is 1.71. The molecule has 0 aromatic heterocycles. The highest BCUT2D eigenvalue weighted by Gasteiger charge is 2.17. The highest BCUT2D eigenvalue weighted by atomic mass is 32.2. The standard InChI is InChI=1S/C9H18O3S/c1-4-8(9(10)12-5-2)13-7-6-11-3/h8H,4-7H2,1-3H3. The second-order valence-corrected chi connectivity index (χ2v) is 3.82. The van der Waals surface area contributed by atoms with Gasteiger partial charge in [0.15, 0.2) is 0 Å². The molecule has 78 valence electrons. The Kier molecular flexibility index (Phi) is 8.24. The van der Waals surface area contributed by atoms with E-state index < -0.39 is 0 Å². The fourth-order valence-corrected chi connectivity index (χ4v) is 1.85. The third-order valence-corrected chi connectivity index (χ3v) is 2.86. The number of esters is 1. The molecule has 0 bridgehead atoms. The third kappa shape index (κ3) is 5.93. The Bertz CT molecular complexity index is 139. The number of rotatable bonds is 7. The summed E-state index contributed by atoms with van der Waals surface area (Å²) in [6, 6.07) is 0. The number of hydrogen-bond donors (Lipinski definition) is 0. The van der Waals surface area contributed by atoms with Gasteiger partial charge >= 0.3 is 5.97 Å². The van der Waals surface area contributed by atoms with Gasteiger partial charge in [-0.2, -0.15) is 0 Å². The maximum Gasteiger partial charge on any atom is 0.319 e. The van der Waals surface area contributed by atoms with Crippen LogP contribution in [0.4, 0.5) is 0 Å². The topological polar surface area (TPSA) is 35.5 Å². The summed E-state index contributed by atoms with van der Waals surface area (Å²) in [6.45, 7) is 4.95. The van der Waals surface area contributed by atoms with E-state index in [4.69, 9.17) is 9.47 Å². The van der Waals surface area contributed by atoms with Crippen molar-refractivity contribution >= 4 is 17.7 Å². The van der Waals surface area contributed by atoms with Crippen molar-refractivity contribution in [2.24, 2.45) is 0 Å². The van der Waals surface area contributed by atoms with E-state index in [0.717, 1.165) is 12.2 Å². The third-order valence-electron chi connectivity index (χ3n) is 1.53. The van der Waals surface area contributed by atoms with Crippen LogP contribution in [0.25, 0.3) is 0 Å². The SMILES string of the molecule is CCOC(=O)C(CC)SCCOC. The summed E-state index contributed by atoms with van der Waals surface area (Å²) in [4.78, 5) is 11.3. The van der Waals surface area contributed by atoms with E-state index in [0.29, 0.717) is 13.2 Å². The largest absolute Gasteiger partial charge is 0.465 e. The molecule has 0 aliphatic heterocycles. The molecule has 0 spiro atoms. The zero-order chi connectivity index (χ0) is 10.1. The van der Waals surface area contributed by atoms with Crippen LogP contribution in [0.15, 0.2) is 0 Å². The van der Waals surface area contributed by atoms with Crippen LogP contribution in [0.3, 0.4) is 0 Å². The molecule has 0 rings (SSSR count). The van der Waals surface area contributed by atoms with Gasteiger partial charge in [0.1, 0.15) is 5.25 Å². The summed E-state index contributed by atoms with van der Waals surface area (Å²) in [5, 5.41) is -0.0323. The number of carbonyl (C=O) groups is 1. The Hall–Kier alpha value is -0.220. The highest BCUT2D eigenvalue weighted by molar-refractivity contribution is 8.00. The summed E-state index contributed by atoms with van der Waals surface area (Å²) in [5.74, 6) is 0.736. The second-order valence-electron chi connectivity index (χ2n) is 2.51. The number of hydrogen-bond acceptors (Lipinski definition) is 4. The van der Waals surface area contributed by atoms with Crippen LogP contribution in [-0.2, 0) is 14.3 Å². The van der Waals surface area contributed by atoms with Crippen molar-refractivity contribution in [2.75, 3.05) is 26.1 Å². The lowest BCUT2D eigenvalue weighted by Crippen LogP contribution is -2.20. The van der Waals surface area contributed by atoms with Crippen LogP contribution in [0.2, 0.25) is 0 Å². The van der Waals surface area contributed by atoms with E-state index in [9.17, 15) is 4.79 Å². The van der Waals surface area contributed by atoms with Crippen molar-refractivity contribution in [1.29, 1.82) is 0 Å². The first-order valence-corrected chi connectivity index (χ1v) is 5.58. The fraction of sp³-hybridized carbons (Fsp3) is 0.889. The van der Waals surface area contributed by atoms with E-state index in [-0.39, 0.29) is 11.2 Å². The van der Waals surface area contributed by atoms with Gasteiger partial charge in [0, 0.05) is 12.9 Å². The molecule has 0 aromatic rings. The first-order valence-electron chi connectivity index (χ1n) is 4.53. The van der Waals surface area contributed by atoms with Gasteiger partial charge in [-0.3, -0.25) is 4.79 Å². The van der Waals surface area contributed by atoms with Crippen LogP contribution in [0.5, 0.6) is 0 Å². The monoisotopic (exact) mass is 206 g/mol. The Morgan fingerprint density at radius 1 is 1.46 bits per heavy atom. The molecular weight excluding hydrogens is 188 g/mol. The zero-order valence-corrected chi connectivity index (χ0v) is 9.36. The molecule has 0 aliphatic rings. The van der Waals surface area contributed by atoms with Crippen molar-refractivity contribution in [3.05, 3.63) is 0 Å². The molecule has 0 N–H and O–H groups in total.